The first kappa shape index (κ1) is 23.4. The first-order valence-electron chi connectivity index (χ1n) is 12.1. The maximum Gasteiger partial charge on any atom is 0.272 e. The predicted octanol–water partition coefficient (Wildman–Crippen LogP) is 3.44. The lowest BCUT2D eigenvalue weighted by Crippen LogP contribution is -2.45. The molecule has 0 saturated carbocycles. The van der Waals surface area contributed by atoms with Gasteiger partial charge in [0.15, 0.2) is 0 Å². The molecule has 4 heterocycles. The molecule has 4 rings (SSSR count). The fraction of sp³-hybridized carbons (Fsp3) is 0.538. The van der Waals surface area contributed by atoms with Crippen LogP contribution in [0.3, 0.4) is 0 Å². The average Bonchev–Trinajstić information content (AvgIpc) is 2.87. The lowest BCUT2D eigenvalue weighted by molar-refractivity contribution is 0.0590. The van der Waals surface area contributed by atoms with Crippen LogP contribution in [0.4, 0.5) is 0 Å². The van der Waals surface area contributed by atoms with Gasteiger partial charge in [-0.2, -0.15) is 0 Å². The van der Waals surface area contributed by atoms with Crippen LogP contribution in [0.1, 0.15) is 71.0 Å². The monoisotopic (exact) mass is 449 g/mol. The molecular formula is C26H35N5O2. The van der Waals surface area contributed by atoms with Crippen LogP contribution in [0.2, 0.25) is 0 Å². The molecular weight excluding hydrogens is 414 g/mol. The van der Waals surface area contributed by atoms with Gasteiger partial charge in [-0.1, -0.05) is 6.07 Å². The molecule has 0 N–H and O–H groups in total. The Hall–Kier alpha value is -2.80. The van der Waals surface area contributed by atoms with Crippen LogP contribution in [0.5, 0.6) is 0 Å². The minimum Gasteiger partial charge on any atom is -0.337 e. The SMILES string of the molecule is CN(C)CC[C@@H]1CCCCN1C(=O)c1ccc(C2CCN(C(=O)c3ccccn3)CC2)nc1. The number of aromatic nitrogens is 2. The Morgan fingerprint density at radius 3 is 2.45 bits per heavy atom. The number of carbonyl (C=O) groups excluding carboxylic acids is 2. The van der Waals surface area contributed by atoms with Crippen LogP contribution in [0.15, 0.2) is 42.7 Å². The molecule has 2 aliphatic rings. The van der Waals surface area contributed by atoms with E-state index in [0.29, 0.717) is 36.3 Å². The van der Waals surface area contributed by atoms with Gasteiger partial charge in [-0.05, 0) is 83.4 Å². The van der Waals surface area contributed by atoms with Crippen molar-refractivity contribution in [3.63, 3.8) is 0 Å². The van der Waals surface area contributed by atoms with Crippen molar-refractivity contribution in [2.24, 2.45) is 0 Å². The van der Waals surface area contributed by atoms with E-state index in [1.807, 2.05) is 29.2 Å². The summed E-state index contributed by atoms with van der Waals surface area (Å²) in [6.45, 7) is 3.22. The standard InChI is InChI=1S/C26H35N5O2/c1-29(2)16-13-22-7-4-6-15-31(22)25(32)21-9-10-23(28-19-21)20-11-17-30(18-12-20)26(33)24-8-3-5-14-27-24/h3,5,8-10,14,19-20,22H,4,6-7,11-13,15-18H2,1-2H3/t22-/m0/s1. The van der Waals surface area contributed by atoms with Gasteiger partial charge in [0, 0.05) is 49.7 Å². The number of rotatable bonds is 6. The molecule has 0 aliphatic carbocycles. The summed E-state index contributed by atoms with van der Waals surface area (Å²) in [4.78, 5) is 40.8. The molecule has 7 nitrogen and oxygen atoms in total. The van der Waals surface area contributed by atoms with E-state index in [2.05, 4.69) is 33.9 Å². The minimum absolute atomic E-state index is 0.00620. The van der Waals surface area contributed by atoms with Gasteiger partial charge >= 0.3 is 0 Å². The van der Waals surface area contributed by atoms with Gasteiger partial charge in [0.05, 0.1) is 5.56 Å². The summed E-state index contributed by atoms with van der Waals surface area (Å²) < 4.78 is 0. The summed E-state index contributed by atoms with van der Waals surface area (Å²) in [6.07, 6.45) is 9.52. The lowest BCUT2D eigenvalue weighted by Gasteiger charge is -2.36. The molecule has 2 aromatic rings. The van der Waals surface area contributed by atoms with Gasteiger partial charge in [-0.15, -0.1) is 0 Å². The Bertz CT molecular complexity index is 923. The fourth-order valence-electron chi connectivity index (χ4n) is 4.94. The van der Waals surface area contributed by atoms with E-state index >= 15 is 0 Å². The topological polar surface area (TPSA) is 69.6 Å². The highest BCUT2D eigenvalue weighted by molar-refractivity contribution is 5.94. The Balaban J connectivity index is 1.34. The van der Waals surface area contributed by atoms with Crippen LogP contribution in [0.25, 0.3) is 0 Å². The third-order valence-electron chi connectivity index (χ3n) is 6.92. The maximum absolute atomic E-state index is 13.2. The Morgan fingerprint density at radius 1 is 0.970 bits per heavy atom. The van der Waals surface area contributed by atoms with Crippen molar-refractivity contribution < 1.29 is 9.59 Å². The molecule has 2 fully saturated rings. The van der Waals surface area contributed by atoms with Crippen molar-refractivity contribution in [3.8, 4) is 0 Å². The highest BCUT2D eigenvalue weighted by Crippen LogP contribution is 2.28. The van der Waals surface area contributed by atoms with E-state index in [1.54, 1.807) is 18.5 Å². The van der Waals surface area contributed by atoms with Crippen LogP contribution >= 0.6 is 0 Å². The highest BCUT2D eigenvalue weighted by Gasteiger charge is 2.29. The molecule has 7 heteroatoms. The second-order valence-corrected chi connectivity index (χ2v) is 9.49. The summed E-state index contributed by atoms with van der Waals surface area (Å²) >= 11 is 0. The van der Waals surface area contributed by atoms with Crippen LogP contribution < -0.4 is 0 Å². The Morgan fingerprint density at radius 2 is 1.79 bits per heavy atom. The van der Waals surface area contributed by atoms with E-state index < -0.39 is 0 Å². The number of hydrogen-bond acceptors (Lipinski definition) is 5. The average molecular weight is 450 g/mol. The van der Waals surface area contributed by atoms with Crippen LogP contribution in [-0.4, -0.2) is 82.8 Å². The van der Waals surface area contributed by atoms with E-state index in [1.165, 1.54) is 6.42 Å². The summed E-state index contributed by atoms with van der Waals surface area (Å²) in [7, 11) is 4.16. The second-order valence-electron chi connectivity index (χ2n) is 9.49. The smallest absolute Gasteiger partial charge is 0.272 e. The molecule has 2 saturated heterocycles. The maximum atomic E-state index is 13.2. The van der Waals surface area contributed by atoms with Crippen molar-refractivity contribution in [1.29, 1.82) is 0 Å². The molecule has 33 heavy (non-hydrogen) atoms. The number of pyridine rings is 2. The number of likely N-dealkylation sites (tertiary alicyclic amines) is 2. The third-order valence-corrected chi connectivity index (χ3v) is 6.92. The predicted molar refractivity (Wildman–Crippen MR) is 128 cm³/mol. The fourth-order valence-corrected chi connectivity index (χ4v) is 4.94. The molecule has 0 radical (unpaired) electrons. The number of piperidine rings is 2. The molecule has 0 aromatic carbocycles. The van der Waals surface area contributed by atoms with Crippen molar-refractivity contribution >= 4 is 11.8 Å². The lowest BCUT2D eigenvalue weighted by atomic mass is 9.92. The van der Waals surface area contributed by atoms with E-state index in [-0.39, 0.29) is 11.8 Å². The van der Waals surface area contributed by atoms with Crippen molar-refractivity contribution in [3.05, 3.63) is 59.7 Å². The summed E-state index contributed by atoms with van der Waals surface area (Å²) in [5.74, 6) is 0.409. The summed E-state index contributed by atoms with van der Waals surface area (Å²) in [5.41, 5.74) is 2.19. The van der Waals surface area contributed by atoms with E-state index in [9.17, 15) is 9.59 Å². The van der Waals surface area contributed by atoms with Crippen molar-refractivity contribution in [2.45, 2.75) is 50.5 Å². The van der Waals surface area contributed by atoms with Gasteiger partial charge in [-0.25, -0.2) is 0 Å². The molecule has 2 aliphatic heterocycles. The zero-order valence-corrected chi connectivity index (χ0v) is 19.8. The summed E-state index contributed by atoms with van der Waals surface area (Å²) in [5, 5.41) is 0. The number of nitrogens with zero attached hydrogens (tertiary/aromatic N) is 5. The molecule has 2 aromatic heterocycles. The molecule has 1 atom stereocenters. The van der Waals surface area contributed by atoms with E-state index in [4.69, 9.17) is 0 Å². The van der Waals surface area contributed by atoms with Crippen LogP contribution in [-0.2, 0) is 0 Å². The molecule has 2 amide bonds. The second kappa shape index (κ2) is 10.9. The largest absolute Gasteiger partial charge is 0.337 e. The first-order chi connectivity index (χ1) is 16.0. The quantitative estimate of drug-likeness (QED) is 0.676. The molecule has 0 unspecified atom stereocenters. The minimum atomic E-state index is -0.00620. The number of carbonyl (C=O) groups is 2. The highest BCUT2D eigenvalue weighted by atomic mass is 16.2. The first-order valence-corrected chi connectivity index (χ1v) is 12.1. The van der Waals surface area contributed by atoms with Crippen molar-refractivity contribution in [2.75, 3.05) is 40.3 Å². The molecule has 176 valence electrons. The number of amides is 2. The van der Waals surface area contributed by atoms with Gasteiger partial charge in [0.1, 0.15) is 5.69 Å². The Kier molecular flexibility index (Phi) is 7.70. The normalized spacial score (nSPS) is 19.7. The van der Waals surface area contributed by atoms with Gasteiger partial charge in [0.2, 0.25) is 0 Å². The van der Waals surface area contributed by atoms with Gasteiger partial charge < -0.3 is 14.7 Å². The molecule has 0 spiro atoms. The van der Waals surface area contributed by atoms with Gasteiger partial charge in [0.25, 0.3) is 11.8 Å². The van der Waals surface area contributed by atoms with E-state index in [0.717, 1.165) is 50.9 Å². The zero-order valence-electron chi connectivity index (χ0n) is 19.8. The van der Waals surface area contributed by atoms with Crippen LogP contribution in [0, 0.1) is 0 Å². The summed E-state index contributed by atoms with van der Waals surface area (Å²) in [6, 6.07) is 9.68. The third kappa shape index (κ3) is 5.77. The zero-order chi connectivity index (χ0) is 23.2. The molecule has 0 bridgehead atoms. The Labute approximate surface area is 196 Å². The van der Waals surface area contributed by atoms with Gasteiger partial charge in [-0.3, -0.25) is 19.6 Å². The number of hydrogen-bond donors (Lipinski definition) is 0. The van der Waals surface area contributed by atoms with Crippen molar-refractivity contribution in [1.82, 2.24) is 24.7 Å².